The van der Waals surface area contributed by atoms with Crippen molar-refractivity contribution in [3.05, 3.63) is 0 Å². The molecule has 1 rings (SSSR count). The number of hydrogen-bond donors (Lipinski definition) is 2. The summed E-state index contributed by atoms with van der Waals surface area (Å²) in [5, 5.41) is 11.5. The molecule has 0 aromatic rings. The Morgan fingerprint density at radius 3 is 3.11 bits per heavy atom. The smallest absolute Gasteiger partial charge is 0.222 e. The molecule has 0 aliphatic carbocycles. The van der Waals surface area contributed by atoms with Gasteiger partial charge in [0.25, 0.3) is 0 Å². The van der Waals surface area contributed by atoms with E-state index in [1.807, 2.05) is 6.92 Å². The normalized spacial score (nSPS) is 21.1. The highest BCUT2D eigenvalue weighted by atomic mass is 16.5. The predicted octanol–water partition coefficient (Wildman–Crippen LogP) is -0.223. The first kappa shape index (κ1) is 14.7. The molecule has 7 nitrogen and oxygen atoms in total. The number of carbonyl (C=O) groups is 1. The maximum atomic E-state index is 11.9. The van der Waals surface area contributed by atoms with E-state index < -0.39 is 6.10 Å². The second-order valence-electron chi connectivity index (χ2n) is 4.02. The van der Waals surface area contributed by atoms with Crippen molar-refractivity contribution in [1.29, 1.82) is 0 Å². The number of amides is 1. The van der Waals surface area contributed by atoms with Crippen LogP contribution in [0, 0.1) is 0 Å². The van der Waals surface area contributed by atoms with E-state index in [1.165, 1.54) is 0 Å². The Labute approximate surface area is 107 Å². The van der Waals surface area contributed by atoms with Crippen molar-refractivity contribution in [2.75, 3.05) is 32.9 Å². The van der Waals surface area contributed by atoms with Crippen LogP contribution in [0.5, 0.6) is 0 Å². The molecule has 0 radical (unpaired) electrons. The lowest BCUT2D eigenvalue weighted by Crippen LogP contribution is -2.50. The summed E-state index contributed by atoms with van der Waals surface area (Å²) < 4.78 is 10.5. The van der Waals surface area contributed by atoms with Gasteiger partial charge < -0.3 is 25.3 Å². The lowest BCUT2D eigenvalue weighted by Gasteiger charge is -2.32. The zero-order valence-electron chi connectivity index (χ0n) is 10.7. The predicted molar refractivity (Wildman–Crippen MR) is 65.5 cm³/mol. The molecule has 18 heavy (non-hydrogen) atoms. The number of ether oxygens (including phenoxy) is 2. The number of carbonyl (C=O) groups excluding carboxylic acids is 1. The third kappa shape index (κ3) is 4.50. The first-order chi connectivity index (χ1) is 8.69. The Morgan fingerprint density at radius 2 is 2.44 bits per heavy atom. The molecule has 1 aliphatic heterocycles. The Hall–Kier alpha value is -1.34. The van der Waals surface area contributed by atoms with Gasteiger partial charge in [0, 0.05) is 26.2 Å². The van der Waals surface area contributed by atoms with E-state index in [0.29, 0.717) is 45.8 Å². The largest absolute Gasteiger partial charge is 0.409 e. The van der Waals surface area contributed by atoms with Crippen molar-refractivity contribution < 1.29 is 19.5 Å². The Bertz CT molecular complexity index is 296. The van der Waals surface area contributed by atoms with Crippen LogP contribution in [-0.2, 0) is 14.3 Å². The second kappa shape index (κ2) is 7.88. The number of rotatable bonds is 6. The van der Waals surface area contributed by atoms with Crippen LogP contribution in [0.25, 0.3) is 0 Å². The number of amidine groups is 1. The molecule has 0 aromatic heterocycles. The summed E-state index contributed by atoms with van der Waals surface area (Å²) in [5.74, 6) is 0.0514. The van der Waals surface area contributed by atoms with Crippen LogP contribution in [0.3, 0.4) is 0 Å². The second-order valence-corrected chi connectivity index (χ2v) is 4.02. The Kier molecular flexibility index (Phi) is 6.45. The van der Waals surface area contributed by atoms with Crippen LogP contribution < -0.4 is 5.73 Å². The standard InChI is InChI=1S/C11H21N3O4/c1-2-17-6-3-4-10(15)14-5-7-18-9(8-14)11(12)13-16/h9,16H,2-8H2,1H3,(H2,12,13). The van der Waals surface area contributed by atoms with E-state index >= 15 is 0 Å². The molecule has 1 fully saturated rings. The lowest BCUT2D eigenvalue weighted by molar-refractivity contribution is -0.137. The minimum absolute atomic E-state index is 0.00168. The van der Waals surface area contributed by atoms with Gasteiger partial charge in [-0.2, -0.15) is 0 Å². The van der Waals surface area contributed by atoms with Crippen molar-refractivity contribution in [1.82, 2.24) is 4.90 Å². The zero-order chi connectivity index (χ0) is 13.4. The van der Waals surface area contributed by atoms with Crippen molar-refractivity contribution in [2.24, 2.45) is 10.9 Å². The van der Waals surface area contributed by atoms with Crippen LogP contribution >= 0.6 is 0 Å². The molecule has 0 aromatic carbocycles. The van der Waals surface area contributed by atoms with Crippen LogP contribution in [0.1, 0.15) is 19.8 Å². The van der Waals surface area contributed by atoms with Crippen molar-refractivity contribution >= 4 is 11.7 Å². The molecule has 0 spiro atoms. The van der Waals surface area contributed by atoms with Gasteiger partial charge in [0.2, 0.25) is 5.91 Å². The summed E-state index contributed by atoms with van der Waals surface area (Å²) in [5.41, 5.74) is 5.47. The van der Waals surface area contributed by atoms with Gasteiger partial charge in [0.1, 0.15) is 6.10 Å². The van der Waals surface area contributed by atoms with Gasteiger partial charge in [-0.05, 0) is 13.3 Å². The molecule has 3 N–H and O–H groups in total. The summed E-state index contributed by atoms with van der Waals surface area (Å²) in [6.45, 7) is 4.46. The summed E-state index contributed by atoms with van der Waals surface area (Å²) in [6, 6.07) is 0. The first-order valence-electron chi connectivity index (χ1n) is 6.13. The molecule has 0 bridgehead atoms. The third-order valence-electron chi connectivity index (χ3n) is 2.75. The monoisotopic (exact) mass is 259 g/mol. The summed E-state index contributed by atoms with van der Waals surface area (Å²) in [6.07, 6.45) is 0.640. The van der Waals surface area contributed by atoms with Gasteiger partial charge in [-0.3, -0.25) is 4.79 Å². The molecule has 1 heterocycles. The Balaban J connectivity index is 2.34. The van der Waals surface area contributed by atoms with E-state index in [0.717, 1.165) is 0 Å². The fraction of sp³-hybridized carbons (Fsp3) is 0.818. The minimum Gasteiger partial charge on any atom is -0.409 e. The topological polar surface area (TPSA) is 97.4 Å². The fourth-order valence-electron chi connectivity index (χ4n) is 1.75. The molecule has 1 atom stereocenters. The average molecular weight is 259 g/mol. The quantitative estimate of drug-likeness (QED) is 0.226. The summed E-state index contributed by atoms with van der Waals surface area (Å²) >= 11 is 0. The average Bonchev–Trinajstić information content (AvgIpc) is 2.42. The van der Waals surface area contributed by atoms with E-state index in [9.17, 15) is 4.79 Å². The maximum absolute atomic E-state index is 11.9. The van der Waals surface area contributed by atoms with Crippen molar-refractivity contribution in [3.63, 3.8) is 0 Å². The van der Waals surface area contributed by atoms with Crippen LogP contribution in [0.15, 0.2) is 5.16 Å². The van der Waals surface area contributed by atoms with E-state index in [1.54, 1.807) is 4.90 Å². The number of morpholine rings is 1. The number of oxime groups is 1. The number of nitrogens with two attached hydrogens (primary N) is 1. The summed E-state index contributed by atoms with van der Waals surface area (Å²) in [7, 11) is 0. The van der Waals surface area contributed by atoms with Crippen LogP contribution in [0.2, 0.25) is 0 Å². The fourth-order valence-corrected chi connectivity index (χ4v) is 1.75. The highest BCUT2D eigenvalue weighted by Crippen LogP contribution is 2.08. The van der Waals surface area contributed by atoms with Gasteiger partial charge in [-0.25, -0.2) is 0 Å². The molecular weight excluding hydrogens is 238 g/mol. The molecule has 1 unspecified atom stereocenters. The molecule has 0 saturated carbocycles. The SMILES string of the molecule is CCOCCCC(=O)N1CCOC(C(N)=NO)C1. The molecule has 1 saturated heterocycles. The highest BCUT2D eigenvalue weighted by Gasteiger charge is 2.26. The molecule has 104 valence electrons. The van der Waals surface area contributed by atoms with Gasteiger partial charge in [0.15, 0.2) is 5.84 Å². The van der Waals surface area contributed by atoms with E-state index in [-0.39, 0.29) is 11.7 Å². The zero-order valence-corrected chi connectivity index (χ0v) is 10.7. The third-order valence-corrected chi connectivity index (χ3v) is 2.75. The first-order valence-corrected chi connectivity index (χ1v) is 6.13. The van der Waals surface area contributed by atoms with Crippen molar-refractivity contribution in [3.8, 4) is 0 Å². The minimum atomic E-state index is -0.514. The van der Waals surface area contributed by atoms with Gasteiger partial charge in [-0.15, -0.1) is 0 Å². The van der Waals surface area contributed by atoms with Crippen LogP contribution in [-0.4, -0.2) is 60.9 Å². The van der Waals surface area contributed by atoms with Crippen LogP contribution in [0.4, 0.5) is 0 Å². The molecule has 1 aliphatic rings. The van der Waals surface area contributed by atoms with Gasteiger partial charge in [-0.1, -0.05) is 5.16 Å². The molecular formula is C11H21N3O4. The van der Waals surface area contributed by atoms with E-state index in [2.05, 4.69) is 5.16 Å². The van der Waals surface area contributed by atoms with Gasteiger partial charge in [0.05, 0.1) is 13.2 Å². The Morgan fingerprint density at radius 1 is 1.67 bits per heavy atom. The van der Waals surface area contributed by atoms with Crippen molar-refractivity contribution in [2.45, 2.75) is 25.9 Å². The van der Waals surface area contributed by atoms with Gasteiger partial charge >= 0.3 is 0 Å². The highest BCUT2D eigenvalue weighted by molar-refractivity contribution is 5.85. The lowest BCUT2D eigenvalue weighted by atomic mass is 10.2. The molecule has 7 heteroatoms. The number of hydrogen-bond acceptors (Lipinski definition) is 5. The molecule has 1 amide bonds. The number of nitrogens with zero attached hydrogens (tertiary/aromatic N) is 2. The maximum Gasteiger partial charge on any atom is 0.222 e. The summed E-state index contributed by atoms with van der Waals surface area (Å²) in [4.78, 5) is 13.6. The van der Waals surface area contributed by atoms with E-state index in [4.69, 9.17) is 20.4 Å².